The maximum atomic E-state index is 13.0. The van der Waals surface area contributed by atoms with Crippen molar-refractivity contribution in [2.45, 2.75) is 30.6 Å². The lowest BCUT2D eigenvalue weighted by molar-refractivity contribution is 0.103. The van der Waals surface area contributed by atoms with Crippen molar-refractivity contribution >= 4 is 31.6 Å². The van der Waals surface area contributed by atoms with Gasteiger partial charge in [0.2, 0.25) is 0 Å². The van der Waals surface area contributed by atoms with Crippen LogP contribution in [0.25, 0.3) is 0 Å². The molecule has 0 spiro atoms. The zero-order valence-corrected chi connectivity index (χ0v) is 18.4. The molecule has 150 valence electrons. The standard InChI is InChI=1S/C22H20BrNO4S/c1-15(2)28-19-5-7-20(8-6-19)29(26,27)14-17-3-4-18(23)13-21(17)22(25)16-9-11-24-12-10-16/h3-13,15H,14H2,1-2H3. The first-order valence-electron chi connectivity index (χ1n) is 8.99. The number of nitrogens with zero attached hydrogens (tertiary/aromatic N) is 1. The van der Waals surface area contributed by atoms with Crippen molar-refractivity contribution in [3.63, 3.8) is 0 Å². The van der Waals surface area contributed by atoms with Crippen molar-refractivity contribution in [3.05, 3.63) is 88.2 Å². The molecule has 1 heterocycles. The molecule has 5 nitrogen and oxygen atoms in total. The fourth-order valence-corrected chi connectivity index (χ4v) is 4.57. The van der Waals surface area contributed by atoms with Crippen molar-refractivity contribution in [1.82, 2.24) is 4.98 Å². The number of ketones is 1. The van der Waals surface area contributed by atoms with Gasteiger partial charge < -0.3 is 4.74 Å². The molecule has 0 bridgehead atoms. The molecular formula is C22H20BrNO4S. The van der Waals surface area contributed by atoms with E-state index in [-0.39, 0.29) is 22.5 Å². The van der Waals surface area contributed by atoms with Crippen LogP contribution in [0.5, 0.6) is 5.75 Å². The summed E-state index contributed by atoms with van der Waals surface area (Å²) >= 11 is 3.36. The molecule has 0 aliphatic rings. The number of ether oxygens (including phenoxy) is 1. The summed E-state index contributed by atoms with van der Waals surface area (Å²) in [7, 11) is -3.65. The highest BCUT2D eigenvalue weighted by atomic mass is 79.9. The zero-order valence-electron chi connectivity index (χ0n) is 16.0. The Kier molecular flexibility index (Phi) is 6.49. The number of sulfone groups is 1. The van der Waals surface area contributed by atoms with Gasteiger partial charge in [0.05, 0.1) is 16.8 Å². The Hall–Kier alpha value is -2.51. The van der Waals surface area contributed by atoms with Crippen LogP contribution in [0.2, 0.25) is 0 Å². The summed E-state index contributed by atoms with van der Waals surface area (Å²) in [6.07, 6.45) is 3.06. The van der Waals surface area contributed by atoms with E-state index in [9.17, 15) is 13.2 Å². The van der Waals surface area contributed by atoms with E-state index < -0.39 is 9.84 Å². The fraction of sp³-hybridized carbons (Fsp3) is 0.182. The summed E-state index contributed by atoms with van der Waals surface area (Å²) in [5.41, 5.74) is 1.23. The van der Waals surface area contributed by atoms with E-state index in [2.05, 4.69) is 20.9 Å². The third-order valence-corrected chi connectivity index (χ3v) is 6.33. The molecule has 3 rings (SSSR count). The number of carbonyl (C=O) groups excluding carboxylic acids is 1. The minimum Gasteiger partial charge on any atom is -0.491 e. The number of aromatic nitrogens is 1. The molecular weight excluding hydrogens is 454 g/mol. The molecule has 1 aromatic heterocycles. The average Bonchev–Trinajstić information content (AvgIpc) is 2.69. The van der Waals surface area contributed by atoms with Gasteiger partial charge in [0, 0.05) is 28.0 Å². The van der Waals surface area contributed by atoms with Gasteiger partial charge in [-0.05, 0) is 67.9 Å². The molecule has 3 aromatic rings. The summed E-state index contributed by atoms with van der Waals surface area (Å²) in [4.78, 5) is 17.0. The van der Waals surface area contributed by atoms with Gasteiger partial charge in [-0.2, -0.15) is 0 Å². The van der Waals surface area contributed by atoms with Gasteiger partial charge >= 0.3 is 0 Å². The highest BCUT2D eigenvalue weighted by Crippen LogP contribution is 2.25. The molecule has 0 fully saturated rings. The van der Waals surface area contributed by atoms with Gasteiger partial charge in [-0.3, -0.25) is 9.78 Å². The van der Waals surface area contributed by atoms with Crippen LogP contribution in [-0.2, 0) is 15.6 Å². The smallest absolute Gasteiger partial charge is 0.193 e. The summed E-state index contributed by atoms with van der Waals surface area (Å²) in [5.74, 6) is 0.0762. The van der Waals surface area contributed by atoms with Gasteiger partial charge in [0.25, 0.3) is 0 Å². The molecule has 0 N–H and O–H groups in total. The maximum absolute atomic E-state index is 13.0. The molecule has 2 aromatic carbocycles. The topological polar surface area (TPSA) is 73.3 Å². The Labute approximate surface area is 178 Å². The van der Waals surface area contributed by atoms with Crippen LogP contribution in [0.15, 0.2) is 76.4 Å². The van der Waals surface area contributed by atoms with Crippen molar-refractivity contribution in [2.75, 3.05) is 0 Å². The monoisotopic (exact) mass is 473 g/mol. The number of hydrogen-bond donors (Lipinski definition) is 0. The Bertz CT molecular complexity index is 1110. The molecule has 0 saturated carbocycles. The van der Waals surface area contributed by atoms with Gasteiger partial charge in [-0.25, -0.2) is 8.42 Å². The first kappa shape index (κ1) is 21.2. The second-order valence-corrected chi connectivity index (χ2v) is 9.67. The third kappa shape index (κ3) is 5.31. The molecule has 29 heavy (non-hydrogen) atoms. The molecule has 0 saturated heterocycles. The van der Waals surface area contributed by atoms with E-state index in [0.717, 1.165) is 0 Å². The van der Waals surface area contributed by atoms with Crippen molar-refractivity contribution in [3.8, 4) is 5.75 Å². The van der Waals surface area contributed by atoms with E-state index >= 15 is 0 Å². The molecule has 0 radical (unpaired) electrons. The fourth-order valence-electron chi connectivity index (χ4n) is 2.83. The molecule has 0 unspecified atom stereocenters. The SMILES string of the molecule is CC(C)Oc1ccc(S(=O)(=O)Cc2ccc(Br)cc2C(=O)c2ccncc2)cc1. The second kappa shape index (κ2) is 8.88. The lowest BCUT2D eigenvalue weighted by Gasteiger charge is -2.12. The van der Waals surface area contributed by atoms with Gasteiger partial charge in [-0.15, -0.1) is 0 Å². The maximum Gasteiger partial charge on any atom is 0.193 e. The number of rotatable bonds is 7. The Morgan fingerprint density at radius 2 is 1.69 bits per heavy atom. The lowest BCUT2D eigenvalue weighted by Crippen LogP contribution is -2.11. The Morgan fingerprint density at radius 3 is 2.31 bits per heavy atom. The highest BCUT2D eigenvalue weighted by molar-refractivity contribution is 9.10. The van der Waals surface area contributed by atoms with Gasteiger partial charge in [0.15, 0.2) is 15.6 Å². The number of benzene rings is 2. The van der Waals surface area contributed by atoms with Crippen LogP contribution in [-0.4, -0.2) is 25.3 Å². The molecule has 0 aliphatic heterocycles. The number of carbonyl (C=O) groups is 1. The largest absolute Gasteiger partial charge is 0.491 e. The summed E-state index contributed by atoms with van der Waals surface area (Å²) in [6, 6.07) is 14.6. The first-order valence-corrected chi connectivity index (χ1v) is 11.4. The molecule has 7 heteroatoms. The van der Waals surface area contributed by atoms with Crippen molar-refractivity contribution < 1.29 is 17.9 Å². The summed E-state index contributed by atoms with van der Waals surface area (Å²) in [5, 5.41) is 0. The van der Waals surface area contributed by atoms with E-state index in [1.807, 2.05) is 13.8 Å². The molecule has 0 atom stereocenters. The quantitative estimate of drug-likeness (QED) is 0.459. The zero-order chi connectivity index (χ0) is 21.0. The number of hydrogen-bond acceptors (Lipinski definition) is 5. The minimum absolute atomic E-state index is 0.00183. The first-order chi connectivity index (χ1) is 13.8. The normalized spacial score (nSPS) is 11.4. The number of pyridine rings is 1. The predicted octanol–water partition coefficient (Wildman–Crippen LogP) is 4.84. The Morgan fingerprint density at radius 1 is 1.03 bits per heavy atom. The van der Waals surface area contributed by atoms with Gasteiger partial charge in [0.1, 0.15) is 5.75 Å². The van der Waals surface area contributed by atoms with E-state index in [1.165, 1.54) is 24.5 Å². The predicted molar refractivity (Wildman–Crippen MR) is 115 cm³/mol. The van der Waals surface area contributed by atoms with Gasteiger partial charge in [-0.1, -0.05) is 22.0 Å². The number of halogens is 1. The third-order valence-electron chi connectivity index (χ3n) is 4.16. The van der Waals surface area contributed by atoms with Crippen molar-refractivity contribution in [1.29, 1.82) is 0 Å². The van der Waals surface area contributed by atoms with E-state index in [1.54, 1.807) is 42.5 Å². The van der Waals surface area contributed by atoms with Crippen LogP contribution in [0, 0.1) is 0 Å². The highest BCUT2D eigenvalue weighted by Gasteiger charge is 2.21. The summed E-state index contributed by atoms with van der Waals surface area (Å²) in [6.45, 7) is 3.80. The van der Waals surface area contributed by atoms with E-state index in [4.69, 9.17) is 4.74 Å². The Balaban J connectivity index is 1.92. The van der Waals surface area contributed by atoms with Crippen LogP contribution in [0.1, 0.15) is 35.3 Å². The van der Waals surface area contributed by atoms with Crippen LogP contribution in [0.3, 0.4) is 0 Å². The van der Waals surface area contributed by atoms with Crippen molar-refractivity contribution in [2.24, 2.45) is 0 Å². The average molecular weight is 474 g/mol. The second-order valence-electron chi connectivity index (χ2n) is 6.76. The van der Waals surface area contributed by atoms with Crippen LogP contribution in [0.4, 0.5) is 0 Å². The van der Waals surface area contributed by atoms with Crippen LogP contribution >= 0.6 is 15.9 Å². The molecule has 0 amide bonds. The van der Waals surface area contributed by atoms with E-state index in [0.29, 0.717) is 26.9 Å². The van der Waals surface area contributed by atoms with Crippen LogP contribution < -0.4 is 4.74 Å². The molecule has 0 aliphatic carbocycles. The summed E-state index contributed by atoms with van der Waals surface area (Å²) < 4.78 is 32.2. The minimum atomic E-state index is -3.65. The lowest BCUT2D eigenvalue weighted by atomic mass is 10.00.